The monoisotopic (exact) mass is 431 g/mol. The summed E-state index contributed by atoms with van der Waals surface area (Å²) in [6.45, 7) is 2.97. The van der Waals surface area contributed by atoms with Crippen molar-refractivity contribution in [3.8, 4) is 5.75 Å². The van der Waals surface area contributed by atoms with Crippen LogP contribution < -0.4 is 4.74 Å². The maximum Gasteiger partial charge on any atom is 0.269 e. The Morgan fingerprint density at radius 3 is 1.93 bits per heavy atom. The molecule has 0 amide bonds. The number of benzene rings is 1. The smallest absolute Gasteiger partial charge is 0.269 e. The Labute approximate surface area is 171 Å². The Morgan fingerprint density at radius 2 is 1.37 bits per heavy atom. The van der Waals surface area contributed by atoms with Gasteiger partial charge >= 0.3 is 0 Å². The zero-order valence-corrected chi connectivity index (χ0v) is 16.2. The van der Waals surface area contributed by atoms with Gasteiger partial charge in [-0.05, 0) is 26.0 Å². The van der Waals surface area contributed by atoms with Crippen LogP contribution in [0, 0.1) is 10.1 Å². The molecule has 2 saturated heterocycles. The number of nitrogens with zero attached hydrogens (tertiary/aromatic N) is 1. The predicted molar refractivity (Wildman–Crippen MR) is 97.3 cm³/mol. The molecule has 12 heteroatoms. The Balaban J connectivity index is 1.78. The second-order valence-electron chi connectivity index (χ2n) is 7.34. The molecule has 1 aromatic carbocycles. The van der Waals surface area contributed by atoms with Crippen molar-refractivity contribution in [1.29, 1.82) is 0 Å². The van der Waals surface area contributed by atoms with Crippen molar-refractivity contribution >= 4 is 5.69 Å². The molecule has 0 aliphatic carbocycles. The number of non-ortho nitro benzene ring substituents is 1. The van der Waals surface area contributed by atoms with E-state index in [9.17, 15) is 35.6 Å². The van der Waals surface area contributed by atoms with Crippen LogP contribution in [0.5, 0.6) is 5.75 Å². The molecule has 0 saturated carbocycles. The SMILES string of the molecule is C[C@@H]1O[C@H](O[C@H]2[C@H](Oc3ccc([N+](=O)[O-])cc3)O[C@H](C)[C@H](O)[C@@H]2O)[C@@H](O)[C@H](O)[C@@H]1O. The summed E-state index contributed by atoms with van der Waals surface area (Å²) in [5.41, 5.74) is -0.149. The number of nitro groups is 1. The third-order valence-corrected chi connectivity index (χ3v) is 5.18. The normalized spacial score (nSPS) is 42.0. The molecule has 10 atom stereocenters. The van der Waals surface area contributed by atoms with Gasteiger partial charge in [0.1, 0.15) is 36.3 Å². The van der Waals surface area contributed by atoms with Gasteiger partial charge in [0, 0.05) is 12.1 Å². The highest BCUT2D eigenvalue weighted by Crippen LogP contribution is 2.30. The summed E-state index contributed by atoms with van der Waals surface area (Å²) in [4.78, 5) is 10.2. The molecule has 0 spiro atoms. The van der Waals surface area contributed by atoms with Crippen molar-refractivity contribution in [3.63, 3.8) is 0 Å². The number of hydrogen-bond acceptors (Lipinski definition) is 11. The van der Waals surface area contributed by atoms with Crippen LogP contribution in [0.3, 0.4) is 0 Å². The standard InChI is InChI=1S/C18H25NO11/c1-7-11(20)13(22)15(24)17(27-7)30-16-14(23)12(21)8(2)28-18(16)29-10-5-3-9(4-6-10)19(25)26/h3-8,11-18,20-24H,1-2H3/t7-,8+,11+,12-,13+,14-,15-,16+,17+,18-/m0/s1. The average Bonchev–Trinajstić information content (AvgIpc) is 2.71. The van der Waals surface area contributed by atoms with E-state index in [2.05, 4.69) is 0 Å². The number of rotatable bonds is 5. The Hall–Kier alpha value is -1.90. The maximum atomic E-state index is 10.8. The molecule has 168 valence electrons. The first kappa shape index (κ1) is 22.8. The fraction of sp³-hybridized carbons (Fsp3) is 0.667. The van der Waals surface area contributed by atoms with Crippen LogP contribution in [-0.2, 0) is 14.2 Å². The molecule has 30 heavy (non-hydrogen) atoms. The highest BCUT2D eigenvalue weighted by atomic mass is 16.8. The molecule has 3 rings (SSSR count). The minimum absolute atomic E-state index is 0.149. The molecule has 2 aliphatic rings. The molecule has 12 nitrogen and oxygen atoms in total. The Kier molecular flexibility index (Phi) is 6.89. The summed E-state index contributed by atoms with van der Waals surface area (Å²) in [7, 11) is 0. The number of aliphatic hydroxyl groups is 5. The molecular weight excluding hydrogens is 406 g/mol. The summed E-state index contributed by atoms with van der Waals surface area (Å²) < 4.78 is 22.2. The van der Waals surface area contributed by atoms with E-state index >= 15 is 0 Å². The van der Waals surface area contributed by atoms with Crippen LogP contribution in [0.4, 0.5) is 5.69 Å². The lowest BCUT2D eigenvalue weighted by atomic mass is 9.98. The van der Waals surface area contributed by atoms with Crippen molar-refractivity contribution in [1.82, 2.24) is 0 Å². The van der Waals surface area contributed by atoms with Gasteiger partial charge in [0.15, 0.2) is 12.4 Å². The quantitative estimate of drug-likeness (QED) is 0.275. The minimum atomic E-state index is -1.64. The van der Waals surface area contributed by atoms with Gasteiger partial charge in [-0.25, -0.2) is 0 Å². The van der Waals surface area contributed by atoms with Crippen LogP contribution in [0.25, 0.3) is 0 Å². The summed E-state index contributed by atoms with van der Waals surface area (Å²) in [6, 6.07) is 5.09. The van der Waals surface area contributed by atoms with Gasteiger partial charge in [0.2, 0.25) is 6.29 Å². The van der Waals surface area contributed by atoms with Gasteiger partial charge in [-0.1, -0.05) is 0 Å². The van der Waals surface area contributed by atoms with Crippen molar-refractivity contribution in [2.75, 3.05) is 0 Å². The predicted octanol–water partition coefficient (Wildman–Crippen LogP) is -1.35. The maximum absolute atomic E-state index is 10.8. The van der Waals surface area contributed by atoms with Crippen molar-refractivity contribution in [2.45, 2.75) is 75.3 Å². The summed E-state index contributed by atoms with van der Waals surface area (Å²) in [5, 5.41) is 61.4. The van der Waals surface area contributed by atoms with Crippen LogP contribution in [0.2, 0.25) is 0 Å². The van der Waals surface area contributed by atoms with Crippen LogP contribution >= 0.6 is 0 Å². The lowest BCUT2D eigenvalue weighted by molar-refractivity contribution is -0.384. The second kappa shape index (κ2) is 9.08. The van der Waals surface area contributed by atoms with Crippen LogP contribution in [0.1, 0.15) is 13.8 Å². The van der Waals surface area contributed by atoms with E-state index in [1.165, 1.54) is 38.1 Å². The molecule has 0 bridgehead atoms. The van der Waals surface area contributed by atoms with E-state index in [1.807, 2.05) is 0 Å². The Bertz CT molecular complexity index is 731. The van der Waals surface area contributed by atoms with Gasteiger partial charge in [0.25, 0.3) is 5.69 Å². The van der Waals surface area contributed by atoms with E-state index in [0.717, 1.165) is 0 Å². The van der Waals surface area contributed by atoms with Gasteiger partial charge in [-0.2, -0.15) is 0 Å². The van der Waals surface area contributed by atoms with Gasteiger partial charge in [-0.3, -0.25) is 10.1 Å². The Morgan fingerprint density at radius 1 is 0.833 bits per heavy atom. The van der Waals surface area contributed by atoms with Gasteiger partial charge < -0.3 is 44.5 Å². The number of aliphatic hydroxyl groups excluding tert-OH is 5. The number of ether oxygens (including phenoxy) is 4. The van der Waals surface area contributed by atoms with Crippen molar-refractivity contribution in [2.24, 2.45) is 0 Å². The van der Waals surface area contributed by atoms with Crippen molar-refractivity contribution < 1.29 is 49.4 Å². The minimum Gasteiger partial charge on any atom is -0.462 e. The van der Waals surface area contributed by atoms with E-state index in [4.69, 9.17) is 18.9 Å². The molecular formula is C18H25NO11. The molecule has 0 unspecified atom stereocenters. The molecule has 5 N–H and O–H groups in total. The van der Waals surface area contributed by atoms with E-state index < -0.39 is 66.3 Å². The molecule has 2 heterocycles. The highest BCUT2D eigenvalue weighted by Gasteiger charge is 2.50. The van der Waals surface area contributed by atoms with E-state index in [1.54, 1.807) is 0 Å². The molecule has 0 radical (unpaired) electrons. The fourth-order valence-corrected chi connectivity index (χ4v) is 3.30. The van der Waals surface area contributed by atoms with Crippen LogP contribution in [0.15, 0.2) is 24.3 Å². The van der Waals surface area contributed by atoms with Crippen LogP contribution in [-0.4, -0.2) is 91.9 Å². The molecule has 0 aromatic heterocycles. The molecule has 1 aromatic rings. The van der Waals surface area contributed by atoms with Gasteiger partial charge in [0.05, 0.1) is 17.1 Å². The molecule has 2 fully saturated rings. The summed E-state index contributed by atoms with van der Waals surface area (Å²) >= 11 is 0. The van der Waals surface area contributed by atoms with Crippen molar-refractivity contribution in [3.05, 3.63) is 34.4 Å². The summed E-state index contributed by atoms with van der Waals surface area (Å²) in [5.74, 6) is 0.170. The largest absolute Gasteiger partial charge is 0.462 e. The van der Waals surface area contributed by atoms with Gasteiger partial charge in [-0.15, -0.1) is 0 Å². The third-order valence-electron chi connectivity index (χ3n) is 5.18. The number of nitro benzene ring substituents is 1. The zero-order chi connectivity index (χ0) is 22.2. The second-order valence-corrected chi connectivity index (χ2v) is 7.34. The van der Waals surface area contributed by atoms with E-state index in [-0.39, 0.29) is 11.4 Å². The number of hydrogen-bond donors (Lipinski definition) is 5. The van der Waals surface area contributed by atoms with E-state index in [0.29, 0.717) is 0 Å². The lowest BCUT2D eigenvalue weighted by Gasteiger charge is -2.45. The first-order chi connectivity index (χ1) is 14.1. The lowest BCUT2D eigenvalue weighted by Crippen LogP contribution is -2.63. The first-order valence-corrected chi connectivity index (χ1v) is 9.38. The highest BCUT2D eigenvalue weighted by molar-refractivity contribution is 5.36. The fourth-order valence-electron chi connectivity index (χ4n) is 3.30. The topological polar surface area (TPSA) is 181 Å². The molecule has 2 aliphatic heterocycles. The average molecular weight is 431 g/mol. The third kappa shape index (κ3) is 4.55. The first-order valence-electron chi connectivity index (χ1n) is 9.38. The summed E-state index contributed by atoms with van der Waals surface area (Å²) in [6.07, 6.45) is -13.2. The zero-order valence-electron chi connectivity index (χ0n) is 16.2.